The van der Waals surface area contributed by atoms with E-state index in [1.165, 1.54) is 19.3 Å². The number of esters is 1. The third kappa shape index (κ3) is 3.45. The lowest BCUT2D eigenvalue weighted by atomic mass is 9.48. The van der Waals surface area contributed by atoms with Gasteiger partial charge in [0.05, 0.1) is 5.56 Å². The zero-order valence-corrected chi connectivity index (χ0v) is 15.6. The van der Waals surface area contributed by atoms with Crippen molar-refractivity contribution in [3.8, 4) is 0 Å². The fraction of sp³-hybridized carbons (Fsp3) is 0.571. The molecule has 0 unspecified atom stereocenters. The minimum atomic E-state index is -0.739. The fourth-order valence-electron chi connectivity index (χ4n) is 5.96. The number of primary amides is 1. The topological polar surface area (TPSA) is 98.5 Å². The molecule has 4 aliphatic carbocycles. The van der Waals surface area contributed by atoms with Gasteiger partial charge < -0.3 is 15.8 Å². The quantitative estimate of drug-likeness (QED) is 0.775. The molecule has 27 heavy (non-hydrogen) atoms. The third-order valence-corrected chi connectivity index (χ3v) is 6.60. The molecule has 1 aromatic carbocycles. The number of hydrogen-bond donors (Lipinski definition) is 2. The van der Waals surface area contributed by atoms with Gasteiger partial charge in [-0.1, -0.05) is 0 Å². The van der Waals surface area contributed by atoms with Crippen molar-refractivity contribution in [1.29, 1.82) is 0 Å². The van der Waals surface area contributed by atoms with Gasteiger partial charge in [-0.3, -0.25) is 4.79 Å². The molecule has 2 amide bonds. The highest BCUT2D eigenvalue weighted by Crippen LogP contribution is 2.60. The third-order valence-electron chi connectivity index (χ3n) is 6.60. The van der Waals surface area contributed by atoms with Crippen molar-refractivity contribution in [2.45, 2.75) is 51.6 Å². The van der Waals surface area contributed by atoms with Gasteiger partial charge in [-0.05, 0) is 87.5 Å². The maximum atomic E-state index is 13.2. The molecule has 0 aliphatic heterocycles. The Bertz CT molecular complexity index is 736. The number of nitrogens with two attached hydrogens (primary N) is 1. The maximum Gasteiger partial charge on any atom is 0.338 e. The van der Waals surface area contributed by atoms with Crippen LogP contribution in [0.15, 0.2) is 24.3 Å². The number of Topliss-reactive ketones (excluding diaryl/α,β-unsaturated/α-hetero) is 1. The second-order valence-electron chi connectivity index (χ2n) is 8.68. The van der Waals surface area contributed by atoms with E-state index in [0.717, 1.165) is 19.3 Å². The van der Waals surface area contributed by atoms with E-state index in [4.69, 9.17) is 10.5 Å². The highest BCUT2D eigenvalue weighted by Gasteiger charge is 2.55. The Morgan fingerprint density at radius 1 is 1.04 bits per heavy atom. The number of ether oxygens (including phenoxy) is 1. The fourth-order valence-corrected chi connectivity index (χ4v) is 5.96. The summed E-state index contributed by atoms with van der Waals surface area (Å²) in [6.07, 6.45) is 5.97. The van der Waals surface area contributed by atoms with Gasteiger partial charge >= 0.3 is 12.0 Å². The highest BCUT2D eigenvalue weighted by molar-refractivity contribution is 5.95. The smallest absolute Gasteiger partial charge is 0.338 e. The lowest BCUT2D eigenvalue weighted by Gasteiger charge is -2.56. The molecule has 6 nitrogen and oxygen atoms in total. The molecule has 4 aliphatic rings. The van der Waals surface area contributed by atoms with E-state index in [1.54, 1.807) is 31.2 Å². The largest absolute Gasteiger partial charge is 0.451 e. The molecule has 144 valence electrons. The predicted molar refractivity (Wildman–Crippen MR) is 100 cm³/mol. The summed E-state index contributed by atoms with van der Waals surface area (Å²) in [6.45, 7) is 1.70. The van der Waals surface area contributed by atoms with Crippen LogP contribution in [0.25, 0.3) is 0 Å². The normalized spacial score (nSPS) is 32.0. The van der Waals surface area contributed by atoms with Crippen molar-refractivity contribution in [1.82, 2.24) is 0 Å². The van der Waals surface area contributed by atoms with Gasteiger partial charge in [0, 0.05) is 11.1 Å². The van der Waals surface area contributed by atoms with Crippen LogP contribution < -0.4 is 11.1 Å². The molecule has 6 heteroatoms. The maximum absolute atomic E-state index is 13.2. The standard InChI is InChI=1S/C21H26N2O4/c1-12(27-19(25)16-2-4-17(5-3-16)23-20(22)26)18(24)21-9-13-6-14(10-21)8-15(7-13)11-21/h2-5,12-15H,6-11H2,1H3,(H3,22,23,26)/t12-,13?,14?,15?,21?/m0/s1. The molecule has 1 aromatic rings. The first-order chi connectivity index (χ1) is 12.8. The second kappa shape index (κ2) is 6.66. The molecular formula is C21H26N2O4. The molecule has 4 fully saturated rings. The molecule has 5 rings (SSSR count). The van der Waals surface area contributed by atoms with Crippen molar-refractivity contribution < 1.29 is 19.1 Å². The number of anilines is 1. The lowest BCUT2D eigenvalue weighted by Crippen LogP contribution is -2.52. The first-order valence-electron chi connectivity index (χ1n) is 9.76. The zero-order valence-electron chi connectivity index (χ0n) is 15.6. The molecule has 4 bridgehead atoms. The number of ketones is 1. The number of carbonyl (C=O) groups is 3. The summed E-state index contributed by atoms with van der Waals surface area (Å²) in [7, 11) is 0. The average Bonchev–Trinajstić information content (AvgIpc) is 2.60. The predicted octanol–water partition coefficient (Wildman–Crippen LogP) is 3.51. The van der Waals surface area contributed by atoms with E-state index >= 15 is 0 Å². The Kier molecular flexibility index (Phi) is 4.44. The number of nitrogens with one attached hydrogen (secondary N) is 1. The summed E-state index contributed by atoms with van der Waals surface area (Å²) in [5.74, 6) is 1.60. The summed E-state index contributed by atoms with van der Waals surface area (Å²) < 4.78 is 5.51. The lowest BCUT2D eigenvalue weighted by molar-refractivity contribution is -0.152. The Morgan fingerprint density at radius 2 is 1.56 bits per heavy atom. The van der Waals surface area contributed by atoms with Gasteiger partial charge in [-0.25, -0.2) is 9.59 Å². The van der Waals surface area contributed by atoms with Crippen LogP contribution in [0.1, 0.15) is 55.8 Å². The van der Waals surface area contributed by atoms with Gasteiger partial charge in [0.1, 0.15) is 0 Å². The Labute approximate surface area is 158 Å². The van der Waals surface area contributed by atoms with Crippen LogP contribution in [0, 0.1) is 23.2 Å². The van der Waals surface area contributed by atoms with Crippen molar-refractivity contribution in [2.24, 2.45) is 28.9 Å². The average molecular weight is 370 g/mol. The van der Waals surface area contributed by atoms with Gasteiger partial charge in [0.25, 0.3) is 0 Å². The summed E-state index contributed by atoms with van der Waals surface area (Å²) in [4.78, 5) is 36.5. The van der Waals surface area contributed by atoms with Crippen molar-refractivity contribution in [3.63, 3.8) is 0 Å². The van der Waals surface area contributed by atoms with Crippen molar-refractivity contribution in [3.05, 3.63) is 29.8 Å². The number of carbonyl (C=O) groups excluding carboxylic acids is 3. The van der Waals surface area contributed by atoms with Crippen molar-refractivity contribution in [2.75, 3.05) is 5.32 Å². The van der Waals surface area contributed by atoms with Crippen LogP contribution in [0.3, 0.4) is 0 Å². The first kappa shape index (κ1) is 18.0. The van der Waals surface area contributed by atoms with E-state index in [9.17, 15) is 14.4 Å². The molecule has 0 aromatic heterocycles. The molecule has 0 heterocycles. The second-order valence-corrected chi connectivity index (χ2v) is 8.68. The number of urea groups is 1. The number of hydrogen-bond acceptors (Lipinski definition) is 4. The molecule has 0 spiro atoms. The summed E-state index contributed by atoms with van der Waals surface area (Å²) in [6, 6.07) is 5.59. The Hall–Kier alpha value is -2.37. The van der Waals surface area contributed by atoms with E-state index < -0.39 is 18.1 Å². The number of amides is 2. The molecule has 1 atom stereocenters. The molecular weight excluding hydrogens is 344 g/mol. The Balaban J connectivity index is 1.41. The van der Waals surface area contributed by atoms with Crippen LogP contribution >= 0.6 is 0 Å². The van der Waals surface area contributed by atoms with Crippen LogP contribution in [0.2, 0.25) is 0 Å². The summed E-state index contributed by atoms with van der Waals surface area (Å²) in [5, 5.41) is 2.44. The SMILES string of the molecule is C[C@H](OC(=O)c1ccc(NC(N)=O)cc1)C(=O)C12CC3CC(CC(C3)C1)C2. The minimum absolute atomic E-state index is 0.0990. The van der Waals surface area contributed by atoms with Crippen LogP contribution in [0.5, 0.6) is 0 Å². The van der Waals surface area contributed by atoms with Gasteiger partial charge in [-0.15, -0.1) is 0 Å². The molecule has 4 saturated carbocycles. The molecule has 0 saturated heterocycles. The summed E-state index contributed by atoms with van der Waals surface area (Å²) >= 11 is 0. The van der Waals surface area contributed by atoms with Crippen LogP contribution in [-0.2, 0) is 9.53 Å². The van der Waals surface area contributed by atoms with E-state index in [1.807, 2.05) is 0 Å². The number of rotatable bonds is 5. The monoisotopic (exact) mass is 370 g/mol. The van der Waals surface area contributed by atoms with E-state index in [0.29, 0.717) is 29.0 Å². The highest BCUT2D eigenvalue weighted by atomic mass is 16.5. The van der Waals surface area contributed by atoms with E-state index in [2.05, 4.69) is 5.32 Å². The molecule has 3 N–H and O–H groups in total. The van der Waals surface area contributed by atoms with Gasteiger partial charge in [0.15, 0.2) is 11.9 Å². The molecule has 0 radical (unpaired) electrons. The summed E-state index contributed by atoms with van der Waals surface area (Å²) in [5.41, 5.74) is 5.63. The zero-order chi connectivity index (χ0) is 19.2. The van der Waals surface area contributed by atoms with Crippen LogP contribution in [0.4, 0.5) is 10.5 Å². The Morgan fingerprint density at radius 3 is 2.04 bits per heavy atom. The van der Waals surface area contributed by atoms with Gasteiger partial charge in [-0.2, -0.15) is 0 Å². The van der Waals surface area contributed by atoms with E-state index in [-0.39, 0.29) is 11.2 Å². The van der Waals surface area contributed by atoms with Crippen LogP contribution in [-0.4, -0.2) is 23.9 Å². The number of benzene rings is 1. The minimum Gasteiger partial charge on any atom is -0.451 e. The van der Waals surface area contributed by atoms with Crippen molar-refractivity contribution >= 4 is 23.5 Å². The van der Waals surface area contributed by atoms with Gasteiger partial charge in [0.2, 0.25) is 0 Å². The first-order valence-corrected chi connectivity index (χ1v) is 9.76.